The van der Waals surface area contributed by atoms with Gasteiger partial charge in [0.1, 0.15) is 70.9 Å². The van der Waals surface area contributed by atoms with Crippen LogP contribution in [-0.2, 0) is 14.2 Å². The molecule has 2 aliphatic heterocycles. The minimum absolute atomic E-state index is 0.103. The molecule has 0 saturated carbocycles. The van der Waals surface area contributed by atoms with Crippen LogP contribution in [0.5, 0.6) is 23.0 Å². The molecule has 0 aliphatic carbocycles. The van der Waals surface area contributed by atoms with Gasteiger partial charge in [0.25, 0.3) is 0 Å². The Balaban J connectivity index is 1.46. The Bertz CT molecular complexity index is 1470. The number of aliphatic hydroxyl groups is 6. The van der Waals surface area contributed by atoms with Crippen molar-refractivity contribution < 1.29 is 69.3 Å². The third-order valence-corrected chi connectivity index (χ3v) is 7.18. The summed E-state index contributed by atoms with van der Waals surface area (Å²) in [5.74, 6) is -1.97. The standard InChI is InChI=1S/C27H30O15/c1-9-17(31)20(34)22(36)26(39-9)38-8-15-18(32)21(35)23(37)27(41-15)42-25-19(33)16-13(30)6-12(29)7-14(16)40-24(25)10-2-4-11(28)5-3-10/h2-7,9,15,17-18,20-23,26-32,34-37H,8H2,1H3/t9?,15?,17-,18-,20+,21-,22+,23-,26+,27-/m0/s1. The molecule has 2 saturated heterocycles. The zero-order chi connectivity index (χ0) is 30.5. The average Bonchev–Trinajstić information content (AvgIpc) is 2.95. The Morgan fingerprint density at radius 3 is 2.10 bits per heavy atom. The summed E-state index contributed by atoms with van der Waals surface area (Å²) in [6, 6.07) is 7.33. The summed E-state index contributed by atoms with van der Waals surface area (Å²) in [5, 5.41) is 91.4. The van der Waals surface area contributed by atoms with E-state index in [0.717, 1.165) is 12.1 Å². The minimum Gasteiger partial charge on any atom is -0.508 e. The SMILES string of the molecule is CC1O[C@@H](OCC2O[C@@H](Oc3c(-c4ccc(O)cc4)oc4cc(O)cc(O)c4c3=O)[C@@H](O)[C@@H](O)[C@H]2O)[C@H](O)[C@H](O)[C@H]1O. The van der Waals surface area contributed by atoms with E-state index in [2.05, 4.69) is 0 Å². The molecule has 0 bridgehead atoms. The van der Waals surface area contributed by atoms with Crippen molar-refractivity contribution in [2.24, 2.45) is 0 Å². The molecule has 15 heteroatoms. The van der Waals surface area contributed by atoms with Gasteiger partial charge in [0.2, 0.25) is 17.5 Å². The summed E-state index contributed by atoms with van der Waals surface area (Å²) < 4.78 is 28.0. The number of fused-ring (bicyclic) bond motifs is 1. The van der Waals surface area contributed by atoms with E-state index in [1.807, 2.05) is 0 Å². The molecule has 0 spiro atoms. The quantitative estimate of drug-likeness (QED) is 0.159. The van der Waals surface area contributed by atoms with Crippen LogP contribution in [0.3, 0.4) is 0 Å². The molecule has 15 nitrogen and oxygen atoms in total. The second-order valence-corrected chi connectivity index (χ2v) is 10.1. The van der Waals surface area contributed by atoms with Gasteiger partial charge >= 0.3 is 0 Å². The van der Waals surface area contributed by atoms with Crippen molar-refractivity contribution in [1.82, 2.24) is 0 Å². The lowest BCUT2D eigenvalue weighted by Crippen LogP contribution is -2.61. The Kier molecular flexibility index (Phi) is 8.30. The van der Waals surface area contributed by atoms with Crippen molar-refractivity contribution in [2.75, 3.05) is 6.61 Å². The van der Waals surface area contributed by atoms with Crippen LogP contribution < -0.4 is 10.2 Å². The monoisotopic (exact) mass is 594 g/mol. The smallest absolute Gasteiger partial charge is 0.239 e. The molecule has 2 aliphatic rings. The molecule has 2 unspecified atom stereocenters. The first kappa shape index (κ1) is 30.0. The highest BCUT2D eigenvalue weighted by atomic mass is 16.7. The number of ether oxygens (including phenoxy) is 4. The van der Waals surface area contributed by atoms with Gasteiger partial charge in [-0.25, -0.2) is 0 Å². The maximum Gasteiger partial charge on any atom is 0.239 e. The Labute approximate surface area is 236 Å². The fourth-order valence-electron chi connectivity index (χ4n) is 4.79. The van der Waals surface area contributed by atoms with E-state index < -0.39 is 90.7 Å². The zero-order valence-electron chi connectivity index (χ0n) is 21.9. The topological polar surface area (TPSA) is 249 Å². The predicted molar refractivity (Wildman–Crippen MR) is 139 cm³/mol. The third-order valence-electron chi connectivity index (χ3n) is 7.18. The Morgan fingerprint density at radius 1 is 0.762 bits per heavy atom. The normalized spacial score (nSPS) is 33.5. The number of hydrogen-bond donors (Lipinski definition) is 9. The summed E-state index contributed by atoms with van der Waals surface area (Å²) in [7, 11) is 0. The summed E-state index contributed by atoms with van der Waals surface area (Å²) >= 11 is 0. The molecule has 5 rings (SSSR count). The van der Waals surface area contributed by atoms with Crippen LogP contribution in [0, 0.1) is 0 Å². The molecule has 0 amide bonds. The van der Waals surface area contributed by atoms with E-state index in [0.29, 0.717) is 0 Å². The Hall–Kier alpha value is -3.51. The van der Waals surface area contributed by atoms with Crippen LogP contribution in [0.1, 0.15) is 6.92 Å². The molecule has 2 fully saturated rings. The maximum atomic E-state index is 13.5. The molecule has 3 heterocycles. The number of rotatable bonds is 6. The van der Waals surface area contributed by atoms with E-state index in [-0.39, 0.29) is 28.0 Å². The second-order valence-electron chi connectivity index (χ2n) is 10.1. The lowest BCUT2D eigenvalue weighted by molar-refractivity contribution is -0.318. The van der Waals surface area contributed by atoms with Crippen LogP contribution in [-0.4, -0.2) is 114 Å². The lowest BCUT2D eigenvalue weighted by Gasteiger charge is -2.42. The largest absolute Gasteiger partial charge is 0.508 e. The molecule has 3 aromatic rings. The van der Waals surface area contributed by atoms with Gasteiger partial charge < -0.3 is 69.3 Å². The van der Waals surface area contributed by atoms with Gasteiger partial charge in [-0.05, 0) is 31.2 Å². The number of aromatic hydroxyl groups is 3. The highest BCUT2D eigenvalue weighted by molar-refractivity contribution is 5.88. The second kappa shape index (κ2) is 11.6. The van der Waals surface area contributed by atoms with E-state index in [4.69, 9.17) is 23.4 Å². The Morgan fingerprint density at radius 2 is 1.40 bits per heavy atom. The number of phenolic OH excluding ortho intramolecular Hbond substituents is 3. The summed E-state index contributed by atoms with van der Waals surface area (Å²) in [5.41, 5.74) is -0.956. The van der Waals surface area contributed by atoms with Gasteiger partial charge in [0, 0.05) is 17.7 Å². The van der Waals surface area contributed by atoms with Gasteiger partial charge in [0.15, 0.2) is 12.1 Å². The minimum atomic E-state index is -1.92. The number of phenols is 3. The summed E-state index contributed by atoms with van der Waals surface area (Å²) in [6.07, 6.45) is -15.8. The molecular formula is C27H30O15. The molecule has 10 atom stereocenters. The molecule has 42 heavy (non-hydrogen) atoms. The van der Waals surface area contributed by atoms with Crippen molar-refractivity contribution in [2.45, 2.75) is 68.3 Å². The predicted octanol–water partition coefficient (Wildman–Crippen LogP) is -1.39. The highest BCUT2D eigenvalue weighted by Gasteiger charge is 2.47. The molecule has 9 N–H and O–H groups in total. The molecule has 0 radical (unpaired) electrons. The van der Waals surface area contributed by atoms with Gasteiger partial charge in [-0.1, -0.05) is 0 Å². The van der Waals surface area contributed by atoms with E-state index in [9.17, 15) is 50.8 Å². The molecule has 1 aromatic heterocycles. The van der Waals surface area contributed by atoms with Crippen LogP contribution in [0.15, 0.2) is 45.6 Å². The summed E-state index contributed by atoms with van der Waals surface area (Å²) in [4.78, 5) is 13.5. The molecule has 2 aromatic carbocycles. The van der Waals surface area contributed by atoms with Crippen LogP contribution in [0.2, 0.25) is 0 Å². The van der Waals surface area contributed by atoms with Gasteiger partial charge in [-0.3, -0.25) is 4.79 Å². The highest BCUT2D eigenvalue weighted by Crippen LogP contribution is 2.37. The van der Waals surface area contributed by atoms with E-state index in [1.165, 1.54) is 31.2 Å². The maximum absolute atomic E-state index is 13.5. The summed E-state index contributed by atoms with van der Waals surface area (Å²) in [6.45, 7) is 0.866. The fourth-order valence-corrected chi connectivity index (χ4v) is 4.79. The van der Waals surface area contributed by atoms with Crippen molar-refractivity contribution in [3.63, 3.8) is 0 Å². The lowest BCUT2D eigenvalue weighted by atomic mass is 9.98. The van der Waals surface area contributed by atoms with E-state index in [1.54, 1.807) is 0 Å². The van der Waals surface area contributed by atoms with Crippen molar-refractivity contribution >= 4 is 11.0 Å². The van der Waals surface area contributed by atoms with Gasteiger partial charge in [0.05, 0.1) is 12.7 Å². The molecular weight excluding hydrogens is 564 g/mol. The third kappa shape index (κ3) is 5.49. The van der Waals surface area contributed by atoms with Crippen LogP contribution in [0.4, 0.5) is 0 Å². The average molecular weight is 595 g/mol. The first-order chi connectivity index (χ1) is 19.9. The fraction of sp³-hybridized carbons (Fsp3) is 0.444. The number of hydrogen-bond acceptors (Lipinski definition) is 15. The van der Waals surface area contributed by atoms with Crippen LogP contribution in [0.25, 0.3) is 22.3 Å². The molecule has 228 valence electrons. The van der Waals surface area contributed by atoms with Crippen LogP contribution >= 0.6 is 0 Å². The zero-order valence-corrected chi connectivity index (χ0v) is 21.9. The first-order valence-electron chi connectivity index (χ1n) is 12.9. The van der Waals surface area contributed by atoms with Crippen molar-refractivity contribution in [1.29, 1.82) is 0 Å². The number of benzene rings is 2. The van der Waals surface area contributed by atoms with E-state index >= 15 is 0 Å². The van der Waals surface area contributed by atoms with Gasteiger partial charge in [-0.2, -0.15) is 0 Å². The van der Waals surface area contributed by atoms with Crippen molar-refractivity contribution in [3.8, 4) is 34.3 Å². The van der Waals surface area contributed by atoms with Gasteiger partial charge in [-0.15, -0.1) is 0 Å². The number of aliphatic hydroxyl groups excluding tert-OH is 6. The van der Waals surface area contributed by atoms with Crippen molar-refractivity contribution in [3.05, 3.63) is 46.6 Å². The first-order valence-corrected chi connectivity index (χ1v) is 12.9.